The quantitative estimate of drug-likeness (QED) is 0.251. The SMILES string of the molecule is O=C(Nc1ccccc1-c1cccc(C(F)(F)F)c1)c1csc(C2CCN(C(=O)CCc3cccs3)CC2)n1. The fourth-order valence-electron chi connectivity index (χ4n) is 4.69. The van der Waals surface area contributed by atoms with Gasteiger partial charge in [0.15, 0.2) is 0 Å². The Bertz CT molecular complexity index is 1440. The Kier molecular flexibility index (Phi) is 8.13. The average molecular weight is 570 g/mol. The number of alkyl halides is 3. The molecule has 0 aliphatic carbocycles. The number of benzene rings is 2. The number of likely N-dealkylation sites (tertiary alicyclic amines) is 1. The van der Waals surface area contributed by atoms with E-state index in [1.165, 1.54) is 22.3 Å². The van der Waals surface area contributed by atoms with Crippen molar-refractivity contribution in [3.63, 3.8) is 0 Å². The number of nitrogens with zero attached hydrogens (tertiary/aromatic N) is 2. The van der Waals surface area contributed by atoms with E-state index in [0.29, 0.717) is 36.3 Å². The molecule has 1 saturated heterocycles. The molecule has 1 fully saturated rings. The molecule has 0 saturated carbocycles. The van der Waals surface area contributed by atoms with Gasteiger partial charge >= 0.3 is 6.18 Å². The average Bonchev–Trinajstić information content (AvgIpc) is 3.65. The van der Waals surface area contributed by atoms with Crippen molar-refractivity contribution in [3.05, 3.63) is 92.6 Å². The maximum absolute atomic E-state index is 13.2. The molecule has 3 heterocycles. The summed E-state index contributed by atoms with van der Waals surface area (Å²) in [5, 5.41) is 7.40. The molecule has 0 radical (unpaired) electrons. The number of halogens is 3. The van der Waals surface area contributed by atoms with Crippen molar-refractivity contribution >= 4 is 40.2 Å². The lowest BCUT2D eigenvalue weighted by Crippen LogP contribution is -2.38. The summed E-state index contributed by atoms with van der Waals surface area (Å²) in [7, 11) is 0. The zero-order chi connectivity index (χ0) is 27.4. The van der Waals surface area contributed by atoms with E-state index in [1.807, 2.05) is 22.4 Å². The van der Waals surface area contributed by atoms with Crippen LogP contribution in [0, 0.1) is 0 Å². The van der Waals surface area contributed by atoms with Crippen LogP contribution in [-0.4, -0.2) is 34.8 Å². The van der Waals surface area contributed by atoms with Crippen LogP contribution in [0.1, 0.15) is 51.1 Å². The number of thiophene rings is 1. The molecule has 0 unspecified atom stereocenters. The van der Waals surface area contributed by atoms with Crippen molar-refractivity contribution in [1.82, 2.24) is 9.88 Å². The highest BCUT2D eigenvalue weighted by Crippen LogP contribution is 2.35. The van der Waals surface area contributed by atoms with Gasteiger partial charge in [-0.3, -0.25) is 9.59 Å². The highest BCUT2D eigenvalue weighted by Gasteiger charge is 2.31. The Morgan fingerprint density at radius 1 is 1.00 bits per heavy atom. The molecule has 10 heteroatoms. The minimum absolute atomic E-state index is 0.167. The van der Waals surface area contributed by atoms with E-state index in [9.17, 15) is 22.8 Å². The van der Waals surface area contributed by atoms with Crippen LogP contribution in [0.4, 0.5) is 18.9 Å². The third-order valence-corrected chi connectivity index (χ3v) is 8.74. The number of hydrogen-bond acceptors (Lipinski definition) is 5. The number of para-hydroxylation sites is 1. The lowest BCUT2D eigenvalue weighted by Gasteiger charge is -2.31. The first-order valence-electron chi connectivity index (χ1n) is 12.6. The van der Waals surface area contributed by atoms with Gasteiger partial charge in [-0.15, -0.1) is 22.7 Å². The van der Waals surface area contributed by atoms with Crippen molar-refractivity contribution in [3.8, 4) is 11.1 Å². The predicted molar refractivity (Wildman–Crippen MR) is 148 cm³/mol. The molecule has 1 aliphatic heterocycles. The second-order valence-corrected chi connectivity index (χ2v) is 11.3. The number of piperidine rings is 1. The molecule has 1 N–H and O–H groups in total. The Hall–Kier alpha value is -3.50. The number of aromatic nitrogens is 1. The first-order chi connectivity index (χ1) is 18.8. The summed E-state index contributed by atoms with van der Waals surface area (Å²) < 4.78 is 39.7. The van der Waals surface area contributed by atoms with E-state index >= 15 is 0 Å². The maximum atomic E-state index is 13.2. The fraction of sp³-hybridized carbons (Fsp3) is 0.276. The number of aryl methyl sites for hydroxylation is 1. The van der Waals surface area contributed by atoms with Gasteiger partial charge in [-0.2, -0.15) is 13.2 Å². The summed E-state index contributed by atoms with van der Waals surface area (Å²) in [6.07, 6.45) is -1.61. The van der Waals surface area contributed by atoms with E-state index in [1.54, 1.807) is 47.0 Å². The molecule has 0 bridgehead atoms. The number of carbonyl (C=O) groups excluding carboxylic acids is 2. The van der Waals surface area contributed by atoms with Crippen molar-refractivity contribution in [2.75, 3.05) is 18.4 Å². The number of anilines is 1. The maximum Gasteiger partial charge on any atom is 0.416 e. The van der Waals surface area contributed by atoms with Gasteiger partial charge in [-0.1, -0.05) is 36.4 Å². The topological polar surface area (TPSA) is 62.3 Å². The van der Waals surface area contributed by atoms with E-state index in [2.05, 4.69) is 10.3 Å². The third-order valence-electron chi connectivity index (χ3n) is 6.79. The number of rotatable bonds is 7. The smallest absolute Gasteiger partial charge is 0.343 e. The first-order valence-corrected chi connectivity index (χ1v) is 14.4. The standard InChI is InChI=1S/C29H26F3N3O2S2/c30-29(31,32)21-6-3-5-20(17-21)23-8-1-2-9-24(23)33-27(37)25-18-39-28(34-25)19-12-14-35(15-13-19)26(36)11-10-22-7-4-16-38-22/h1-9,16-19H,10-15H2,(H,33,37). The van der Waals surface area contributed by atoms with Gasteiger partial charge in [0.1, 0.15) is 5.69 Å². The Labute approximate surface area is 232 Å². The molecule has 2 amide bonds. The Balaban J connectivity index is 1.20. The molecular weight excluding hydrogens is 543 g/mol. The van der Waals surface area contributed by atoms with Gasteiger partial charge in [0.2, 0.25) is 5.91 Å². The van der Waals surface area contributed by atoms with Crippen LogP contribution in [0.25, 0.3) is 11.1 Å². The molecule has 2 aromatic heterocycles. The second-order valence-electron chi connectivity index (χ2n) is 9.38. The van der Waals surface area contributed by atoms with E-state index < -0.39 is 17.6 Å². The lowest BCUT2D eigenvalue weighted by atomic mass is 9.97. The molecule has 5 nitrogen and oxygen atoms in total. The summed E-state index contributed by atoms with van der Waals surface area (Å²) in [5.74, 6) is -0.0751. The van der Waals surface area contributed by atoms with Gasteiger partial charge in [-0.05, 0) is 54.5 Å². The molecule has 0 spiro atoms. The van der Waals surface area contributed by atoms with Gasteiger partial charge in [0.05, 0.1) is 10.6 Å². The number of hydrogen-bond donors (Lipinski definition) is 1. The van der Waals surface area contributed by atoms with Crippen LogP contribution in [0.2, 0.25) is 0 Å². The molecule has 202 valence electrons. The minimum Gasteiger partial charge on any atom is -0.343 e. The highest BCUT2D eigenvalue weighted by molar-refractivity contribution is 7.10. The molecule has 4 aromatic rings. The van der Waals surface area contributed by atoms with Crippen LogP contribution in [-0.2, 0) is 17.4 Å². The predicted octanol–water partition coefficient (Wildman–Crippen LogP) is 7.48. The summed E-state index contributed by atoms with van der Waals surface area (Å²) in [4.78, 5) is 33.3. The van der Waals surface area contributed by atoms with Crippen molar-refractivity contribution in [2.24, 2.45) is 0 Å². The van der Waals surface area contributed by atoms with Crippen LogP contribution < -0.4 is 5.32 Å². The van der Waals surface area contributed by atoms with Crippen LogP contribution >= 0.6 is 22.7 Å². The fourth-order valence-corrected chi connectivity index (χ4v) is 6.37. The highest BCUT2D eigenvalue weighted by atomic mass is 32.1. The number of thiazole rings is 1. The second kappa shape index (κ2) is 11.7. The van der Waals surface area contributed by atoms with Gasteiger partial charge in [-0.25, -0.2) is 4.98 Å². The summed E-state index contributed by atoms with van der Waals surface area (Å²) >= 11 is 3.08. The summed E-state index contributed by atoms with van der Waals surface area (Å²) in [6.45, 7) is 1.33. The zero-order valence-corrected chi connectivity index (χ0v) is 22.5. The summed E-state index contributed by atoms with van der Waals surface area (Å²) in [6, 6.07) is 15.8. The van der Waals surface area contributed by atoms with Crippen LogP contribution in [0.15, 0.2) is 71.4 Å². The molecule has 2 aromatic carbocycles. The molecule has 39 heavy (non-hydrogen) atoms. The molecule has 0 atom stereocenters. The third kappa shape index (κ3) is 6.57. The number of carbonyl (C=O) groups is 2. The van der Waals surface area contributed by atoms with E-state index in [0.717, 1.165) is 36.4 Å². The number of nitrogens with one attached hydrogen (secondary N) is 1. The monoisotopic (exact) mass is 569 g/mol. The van der Waals surface area contributed by atoms with Crippen molar-refractivity contribution in [1.29, 1.82) is 0 Å². The van der Waals surface area contributed by atoms with Crippen molar-refractivity contribution in [2.45, 2.75) is 37.8 Å². The zero-order valence-electron chi connectivity index (χ0n) is 20.9. The van der Waals surface area contributed by atoms with Gasteiger partial charge < -0.3 is 10.2 Å². The molecular formula is C29H26F3N3O2S2. The summed E-state index contributed by atoms with van der Waals surface area (Å²) in [5.41, 5.74) is 0.773. The normalized spacial score (nSPS) is 14.4. The van der Waals surface area contributed by atoms with E-state index in [4.69, 9.17) is 0 Å². The van der Waals surface area contributed by atoms with Gasteiger partial charge in [0.25, 0.3) is 5.91 Å². The van der Waals surface area contributed by atoms with Crippen molar-refractivity contribution < 1.29 is 22.8 Å². The molecule has 1 aliphatic rings. The Morgan fingerprint density at radius 2 is 1.79 bits per heavy atom. The first kappa shape index (κ1) is 27.1. The van der Waals surface area contributed by atoms with E-state index in [-0.39, 0.29) is 17.5 Å². The minimum atomic E-state index is -4.46. The molecule has 5 rings (SSSR count). The number of amides is 2. The van der Waals surface area contributed by atoms with Crippen LogP contribution in [0.5, 0.6) is 0 Å². The Morgan fingerprint density at radius 3 is 2.54 bits per heavy atom. The lowest BCUT2D eigenvalue weighted by molar-refractivity contribution is -0.137. The largest absolute Gasteiger partial charge is 0.416 e. The van der Waals surface area contributed by atoms with Gasteiger partial charge in [0, 0.05) is 46.9 Å². The van der Waals surface area contributed by atoms with Crippen LogP contribution in [0.3, 0.4) is 0 Å².